The fraction of sp³-hybridized carbons (Fsp3) is 0.550. The van der Waals surface area contributed by atoms with E-state index in [1.165, 1.54) is 19.3 Å². The van der Waals surface area contributed by atoms with Crippen molar-refractivity contribution >= 4 is 11.6 Å². The van der Waals surface area contributed by atoms with Gasteiger partial charge in [-0.05, 0) is 44.7 Å². The molecule has 0 radical (unpaired) electrons. The molecule has 0 bridgehead atoms. The van der Waals surface area contributed by atoms with Crippen LogP contribution >= 0.6 is 0 Å². The van der Waals surface area contributed by atoms with Gasteiger partial charge < -0.3 is 14.8 Å². The average molecular weight is 353 g/mol. The van der Waals surface area contributed by atoms with Gasteiger partial charge in [0.05, 0.1) is 0 Å². The third-order valence-corrected chi connectivity index (χ3v) is 5.40. The summed E-state index contributed by atoms with van der Waals surface area (Å²) in [6, 6.07) is 7.95. The Morgan fingerprint density at radius 2 is 1.88 bits per heavy atom. The summed E-state index contributed by atoms with van der Waals surface area (Å²) in [4.78, 5) is 14.5. The van der Waals surface area contributed by atoms with Gasteiger partial charge in [-0.1, -0.05) is 18.6 Å². The highest BCUT2D eigenvalue weighted by molar-refractivity contribution is 5.84. The molecule has 1 atom stereocenters. The second-order valence-corrected chi connectivity index (χ2v) is 7.38. The quantitative estimate of drug-likeness (QED) is 0.917. The fourth-order valence-corrected chi connectivity index (χ4v) is 3.97. The van der Waals surface area contributed by atoms with E-state index in [1.807, 2.05) is 24.0 Å². The van der Waals surface area contributed by atoms with Crippen molar-refractivity contribution in [2.75, 3.05) is 18.4 Å². The molecule has 138 valence electrons. The van der Waals surface area contributed by atoms with Crippen molar-refractivity contribution in [3.05, 3.63) is 30.1 Å². The minimum absolute atomic E-state index is 0.184. The number of carbonyl (C=O) groups excluding carboxylic acids is 1. The Labute approximate surface area is 154 Å². The topological polar surface area (TPSA) is 63.1 Å². The molecule has 1 saturated heterocycles. The smallest absolute Gasteiger partial charge is 0.244 e. The van der Waals surface area contributed by atoms with Crippen LogP contribution in [0.3, 0.4) is 0 Å². The molecular weight excluding hydrogens is 326 g/mol. The van der Waals surface area contributed by atoms with E-state index in [-0.39, 0.29) is 11.9 Å². The van der Waals surface area contributed by atoms with Crippen LogP contribution in [0.15, 0.2) is 24.3 Å². The van der Waals surface area contributed by atoms with E-state index in [9.17, 15) is 4.79 Å². The van der Waals surface area contributed by atoms with Gasteiger partial charge in [-0.3, -0.25) is 4.79 Å². The number of hydrogen-bond donors (Lipinski definition) is 1. The number of fused-ring (bicyclic) bond motifs is 1. The Morgan fingerprint density at radius 1 is 1.08 bits per heavy atom. The van der Waals surface area contributed by atoms with Gasteiger partial charge in [0.2, 0.25) is 5.91 Å². The van der Waals surface area contributed by atoms with Crippen LogP contribution in [0.2, 0.25) is 0 Å². The van der Waals surface area contributed by atoms with Crippen molar-refractivity contribution in [2.45, 2.75) is 58.0 Å². The SMILES string of the molecule is C[C@H](Nc1cccc(-c2nnc3n2CCCCC3)c1)C(=O)N1CCCC1. The highest BCUT2D eigenvalue weighted by Gasteiger charge is 2.23. The Bertz CT molecular complexity index is 778. The van der Waals surface area contributed by atoms with Crippen LogP contribution in [0.4, 0.5) is 5.69 Å². The largest absolute Gasteiger partial charge is 0.374 e. The predicted molar refractivity (Wildman–Crippen MR) is 102 cm³/mol. The summed E-state index contributed by atoms with van der Waals surface area (Å²) in [7, 11) is 0. The van der Waals surface area contributed by atoms with Gasteiger partial charge in [-0.15, -0.1) is 10.2 Å². The molecule has 0 spiro atoms. The number of likely N-dealkylation sites (tertiary alicyclic amines) is 1. The number of carbonyl (C=O) groups is 1. The number of benzene rings is 1. The third kappa shape index (κ3) is 3.45. The van der Waals surface area contributed by atoms with Gasteiger partial charge in [0, 0.05) is 37.3 Å². The number of aryl methyl sites for hydroxylation is 1. The number of hydrogen-bond acceptors (Lipinski definition) is 4. The third-order valence-electron chi connectivity index (χ3n) is 5.40. The first-order valence-electron chi connectivity index (χ1n) is 9.80. The molecular formula is C20H27N5O. The first kappa shape index (κ1) is 17.1. The fourth-order valence-electron chi connectivity index (χ4n) is 3.97. The summed E-state index contributed by atoms with van der Waals surface area (Å²) in [5, 5.41) is 12.2. The molecule has 4 rings (SSSR count). The summed E-state index contributed by atoms with van der Waals surface area (Å²) in [5.74, 6) is 2.21. The number of aromatic nitrogens is 3. The normalized spacial score (nSPS) is 18.3. The first-order chi connectivity index (χ1) is 12.7. The van der Waals surface area contributed by atoms with Gasteiger partial charge in [0.15, 0.2) is 5.82 Å². The molecule has 1 fully saturated rings. The van der Waals surface area contributed by atoms with Gasteiger partial charge in [-0.2, -0.15) is 0 Å². The van der Waals surface area contributed by atoms with Crippen LogP contribution in [-0.2, 0) is 17.8 Å². The maximum Gasteiger partial charge on any atom is 0.244 e. The number of amides is 1. The zero-order valence-corrected chi connectivity index (χ0v) is 15.4. The molecule has 2 aromatic rings. The second kappa shape index (κ2) is 7.48. The summed E-state index contributed by atoms with van der Waals surface area (Å²) in [5.41, 5.74) is 2.00. The van der Waals surface area contributed by atoms with Crippen molar-refractivity contribution in [2.24, 2.45) is 0 Å². The van der Waals surface area contributed by atoms with Crippen LogP contribution in [0.5, 0.6) is 0 Å². The minimum atomic E-state index is -0.223. The van der Waals surface area contributed by atoms with E-state index < -0.39 is 0 Å². The number of rotatable bonds is 4. The molecule has 2 aliphatic heterocycles. The Kier molecular flexibility index (Phi) is 4.91. The van der Waals surface area contributed by atoms with Gasteiger partial charge in [0.25, 0.3) is 0 Å². The van der Waals surface area contributed by atoms with Crippen LogP contribution < -0.4 is 5.32 Å². The van der Waals surface area contributed by atoms with Crippen molar-refractivity contribution in [1.29, 1.82) is 0 Å². The van der Waals surface area contributed by atoms with Crippen molar-refractivity contribution in [3.8, 4) is 11.4 Å². The second-order valence-electron chi connectivity index (χ2n) is 7.38. The van der Waals surface area contributed by atoms with Gasteiger partial charge in [0.1, 0.15) is 11.9 Å². The summed E-state index contributed by atoms with van der Waals surface area (Å²) in [6.45, 7) is 4.70. The molecule has 1 aromatic heterocycles. The molecule has 0 unspecified atom stereocenters. The molecule has 0 aliphatic carbocycles. The summed E-state index contributed by atoms with van der Waals surface area (Å²) >= 11 is 0. The van der Waals surface area contributed by atoms with Gasteiger partial charge in [-0.25, -0.2) is 0 Å². The molecule has 6 heteroatoms. The Hall–Kier alpha value is -2.37. The van der Waals surface area contributed by atoms with Crippen molar-refractivity contribution in [1.82, 2.24) is 19.7 Å². The van der Waals surface area contributed by atoms with Crippen LogP contribution in [0.1, 0.15) is 44.9 Å². The zero-order valence-electron chi connectivity index (χ0n) is 15.4. The lowest BCUT2D eigenvalue weighted by atomic mass is 10.1. The molecule has 26 heavy (non-hydrogen) atoms. The van der Waals surface area contributed by atoms with E-state index in [1.54, 1.807) is 0 Å². The Morgan fingerprint density at radius 3 is 2.73 bits per heavy atom. The van der Waals surface area contributed by atoms with E-state index >= 15 is 0 Å². The summed E-state index contributed by atoms with van der Waals surface area (Å²) < 4.78 is 2.25. The maximum atomic E-state index is 12.5. The first-order valence-corrected chi connectivity index (χ1v) is 9.80. The monoisotopic (exact) mass is 353 g/mol. The molecule has 2 aliphatic rings. The number of anilines is 1. The molecule has 6 nitrogen and oxygen atoms in total. The molecule has 1 N–H and O–H groups in total. The van der Waals surface area contributed by atoms with Gasteiger partial charge >= 0.3 is 0 Å². The zero-order chi connectivity index (χ0) is 17.9. The Balaban J connectivity index is 1.52. The van der Waals surface area contributed by atoms with Crippen molar-refractivity contribution < 1.29 is 4.79 Å². The highest BCUT2D eigenvalue weighted by atomic mass is 16.2. The predicted octanol–water partition coefficient (Wildman–Crippen LogP) is 3.09. The van der Waals surface area contributed by atoms with E-state index in [0.29, 0.717) is 0 Å². The van der Waals surface area contributed by atoms with Crippen LogP contribution in [0, 0.1) is 0 Å². The lowest BCUT2D eigenvalue weighted by molar-refractivity contribution is -0.130. The number of nitrogens with zero attached hydrogens (tertiary/aromatic N) is 4. The maximum absolute atomic E-state index is 12.5. The minimum Gasteiger partial charge on any atom is -0.374 e. The number of nitrogens with one attached hydrogen (secondary N) is 1. The molecule has 3 heterocycles. The van der Waals surface area contributed by atoms with E-state index in [0.717, 1.165) is 61.8 Å². The lowest BCUT2D eigenvalue weighted by Gasteiger charge is -2.22. The standard InChI is InChI=1S/C20H27N5O/c1-15(20(26)24-11-5-6-12-24)21-17-9-7-8-16(14-17)19-23-22-18-10-3-2-4-13-25(18)19/h7-9,14-15,21H,2-6,10-13H2,1H3/t15-/m0/s1. The molecule has 1 amide bonds. The molecule has 1 aromatic carbocycles. The lowest BCUT2D eigenvalue weighted by Crippen LogP contribution is -2.39. The van der Waals surface area contributed by atoms with Crippen LogP contribution in [-0.4, -0.2) is 44.7 Å². The van der Waals surface area contributed by atoms with E-state index in [4.69, 9.17) is 0 Å². The highest BCUT2D eigenvalue weighted by Crippen LogP contribution is 2.25. The summed E-state index contributed by atoms with van der Waals surface area (Å²) in [6.07, 6.45) is 6.86. The molecule has 0 saturated carbocycles. The van der Waals surface area contributed by atoms with E-state index in [2.05, 4.69) is 32.2 Å². The van der Waals surface area contributed by atoms with Crippen molar-refractivity contribution in [3.63, 3.8) is 0 Å². The average Bonchev–Trinajstić information content (AvgIpc) is 3.27. The van der Waals surface area contributed by atoms with Crippen LogP contribution in [0.25, 0.3) is 11.4 Å².